The molecule has 0 atom stereocenters. The molecule has 1 aromatic carbocycles. The Morgan fingerprint density at radius 1 is 1.37 bits per heavy atom. The number of aromatic nitrogens is 3. The van der Waals surface area contributed by atoms with Crippen molar-refractivity contribution in [3.8, 4) is 0 Å². The summed E-state index contributed by atoms with van der Waals surface area (Å²) in [4.78, 5) is 4.25. The summed E-state index contributed by atoms with van der Waals surface area (Å²) in [7, 11) is 3.67. The van der Waals surface area contributed by atoms with Gasteiger partial charge in [0.15, 0.2) is 5.82 Å². The Balaban J connectivity index is 2.46. The molecule has 0 unspecified atom stereocenters. The van der Waals surface area contributed by atoms with Crippen LogP contribution < -0.4 is 5.32 Å². The molecule has 1 N–H and O–H groups in total. The third-order valence-corrected chi connectivity index (χ3v) is 3.96. The van der Waals surface area contributed by atoms with Crippen molar-refractivity contribution in [1.82, 2.24) is 19.3 Å². The summed E-state index contributed by atoms with van der Waals surface area (Å²) < 4.78 is 31.4. The first-order valence-electron chi connectivity index (χ1n) is 5.69. The van der Waals surface area contributed by atoms with E-state index in [0.717, 1.165) is 16.4 Å². The summed E-state index contributed by atoms with van der Waals surface area (Å²) in [5.74, 6) is -0.699. The van der Waals surface area contributed by atoms with Gasteiger partial charge in [-0.05, 0) is 23.0 Å². The standard InChI is InChI=1S/C12H11BrF2N4/c1-16-5-9-11(13)19-8-4-6(14)3-7(15)10(8)17-12(19)18(9)2/h3-4,16H,5H2,1-2H3. The van der Waals surface area contributed by atoms with E-state index in [4.69, 9.17) is 0 Å². The lowest BCUT2D eigenvalue weighted by Gasteiger charge is -2.02. The molecule has 0 amide bonds. The number of aryl methyl sites for hydroxylation is 1. The van der Waals surface area contributed by atoms with Gasteiger partial charge in [0.25, 0.3) is 0 Å². The average molecular weight is 329 g/mol. The van der Waals surface area contributed by atoms with Crippen molar-refractivity contribution < 1.29 is 8.78 Å². The fourth-order valence-corrected chi connectivity index (χ4v) is 3.01. The number of fused-ring (bicyclic) bond motifs is 3. The number of hydrogen-bond donors (Lipinski definition) is 1. The zero-order chi connectivity index (χ0) is 13.7. The molecule has 0 radical (unpaired) electrons. The van der Waals surface area contributed by atoms with E-state index in [1.165, 1.54) is 6.07 Å². The highest BCUT2D eigenvalue weighted by atomic mass is 79.9. The van der Waals surface area contributed by atoms with Crippen LogP contribution in [0.25, 0.3) is 16.8 Å². The van der Waals surface area contributed by atoms with Crippen molar-refractivity contribution in [3.05, 3.63) is 34.1 Å². The van der Waals surface area contributed by atoms with E-state index in [2.05, 4.69) is 26.2 Å². The summed E-state index contributed by atoms with van der Waals surface area (Å²) in [5, 5.41) is 3.05. The Morgan fingerprint density at radius 3 is 2.79 bits per heavy atom. The summed E-state index contributed by atoms with van der Waals surface area (Å²) in [5.41, 5.74) is 1.54. The zero-order valence-electron chi connectivity index (χ0n) is 10.3. The molecular formula is C12H11BrF2N4. The van der Waals surface area contributed by atoms with Crippen LogP contribution in [0.2, 0.25) is 0 Å². The van der Waals surface area contributed by atoms with E-state index in [1.54, 1.807) is 4.40 Å². The van der Waals surface area contributed by atoms with E-state index in [0.29, 0.717) is 17.8 Å². The fraction of sp³-hybridized carbons (Fsp3) is 0.250. The van der Waals surface area contributed by atoms with Gasteiger partial charge in [0.1, 0.15) is 15.9 Å². The minimum atomic E-state index is -0.652. The van der Waals surface area contributed by atoms with Crippen molar-refractivity contribution >= 4 is 32.7 Å². The Hall–Kier alpha value is -1.47. The van der Waals surface area contributed by atoms with Gasteiger partial charge in [-0.3, -0.25) is 4.40 Å². The quantitative estimate of drug-likeness (QED) is 0.784. The van der Waals surface area contributed by atoms with Crippen LogP contribution >= 0.6 is 15.9 Å². The molecule has 0 bridgehead atoms. The van der Waals surface area contributed by atoms with Crippen molar-refractivity contribution in [1.29, 1.82) is 0 Å². The van der Waals surface area contributed by atoms with Crippen molar-refractivity contribution in [3.63, 3.8) is 0 Å². The molecule has 0 spiro atoms. The maximum atomic E-state index is 13.7. The Bertz CT molecular complexity index is 790. The Labute approximate surface area is 116 Å². The molecule has 0 aliphatic rings. The van der Waals surface area contributed by atoms with Gasteiger partial charge in [-0.2, -0.15) is 0 Å². The molecular weight excluding hydrogens is 318 g/mol. The first kappa shape index (κ1) is 12.6. The normalized spacial score (nSPS) is 11.8. The average Bonchev–Trinajstić information content (AvgIpc) is 2.82. The van der Waals surface area contributed by atoms with Crippen LogP contribution in [-0.2, 0) is 13.6 Å². The van der Waals surface area contributed by atoms with Crippen LogP contribution in [0.5, 0.6) is 0 Å². The molecule has 0 saturated heterocycles. The summed E-state index contributed by atoms with van der Waals surface area (Å²) in [6.07, 6.45) is 0. The number of nitrogens with one attached hydrogen (secondary N) is 1. The summed E-state index contributed by atoms with van der Waals surface area (Å²) >= 11 is 3.47. The third-order valence-electron chi connectivity index (χ3n) is 3.14. The van der Waals surface area contributed by atoms with Gasteiger partial charge >= 0.3 is 0 Å². The highest BCUT2D eigenvalue weighted by Crippen LogP contribution is 2.28. The Kier molecular flexibility index (Phi) is 2.83. The monoisotopic (exact) mass is 328 g/mol. The maximum absolute atomic E-state index is 13.7. The second kappa shape index (κ2) is 4.28. The van der Waals surface area contributed by atoms with Gasteiger partial charge in [0.2, 0.25) is 5.78 Å². The fourth-order valence-electron chi connectivity index (χ4n) is 2.26. The number of imidazole rings is 2. The van der Waals surface area contributed by atoms with Gasteiger partial charge in [-0.25, -0.2) is 13.8 Å². The van der Waals surface area contributed by atoms with Crippen LogP contribution in [0.4, 0.5) is 8.78 Å². The zero-order valence-corrected chi connectivity index (χ0v) is 11.9. The lowest BCUT2D eigenvalue weighted by Crippen LogP contribution is -2.09. The topological polar surface area (TPSA) is 34.3 Å². The maximum Gasteiger partial charge on any atom is 0.216 e. The molecule has 7 heteroatoms. The second-order valence-corrected chi connectivity index (χ2v) is 5.08. The van der Waals surface area contributed by atoms with Crippen LogP contribution in [-0.4, -0.2) is 21.0 Å². The van der Waals surface area contributed by atoms with Gasteiger partial charge in [-0.1, -0.05) is 0 Å². The number of halogens is 3. The first-order chi connectivity index (χ1) is 9.04. The lowest BCUT2D eigenvalue weighted by molar-refractivity contribution is 0.590. The predicted octanol–water partition coefficient (Wildman–Crippen LogP) is 2.59. The van der Waals surface area contributed by atoms with Crippen LogP contribution in [0.1, 0.15) is 5.69 Å². The van der Waals surface area contributed by atoms with E-state index in [-0.39, 0.29) is 5.52 Å². The summed E-state index contributed by atoms with van der Waals surface area (Å²) in [6, 6.07) is 2.13. The number of nitrogens with zero attached hydrogens (tertiary/aromatic N) is 3. The van der Waals surface area contributed by atoms with E-state index < -0.39 is 11.6 Å². The van der Waals surface area contributed by atoms with Crippen LogP contribution in [0.3, 0.4) is 0 Å². The SMILES string of the molecule is CNCc1c(Br)n2c3cc(F)cc(F)c3nc2n1C. The molecule has 4 nitrogen and oxygen atoms in total. The van der Waals surface area contributed by atoms with E-state index >= 15 is 0 Å². The molecule has 100 valence electrons. The van der Waals surface area contributed by atoms with Crippen molar-refractivity contribution in [2.45, 2.75) is 6.54 Å². The van der Waals surface area contributed by atoms with Gasteiger partial charge in [0, 0.05) is 25.7 Å². The minimum absolute atomic E-state index is 0.170. The van der Waals surface area contributed by atoms with E-state index in [1.807, 2.05) is 18.7 Å². The molecule has 3 aromatic rings. The number of rotatable bonds is 2. The largest absolute Gasteiger partial charge is 0.315 e. The molecule has 0 aliphatic carbocycles. The first-order valence-corrected chi connectivity index (χ1v) is 6.48. The number of benzene rings is 1. The molecule has 2 aromatic heterocycles. The van der Waals surface area contributed by atoms with Crippen molar-refractivity contribution in [2.24, 2.45) is 7.05 Å². The lowest BCUT2D eigenvalue weighted by atomic mass is 10.3. The molecule has 0 aliphatic heterocycles. The smallest absolute Gasteiger partial charge is 0.216 e. The minimum Gasteiger partial charge on any atom is -0.315 e. The van der Waals surface area contributed by atoms with E-state index in [9.17, 15) is 8.78 Å². The highest BCUT2D eigenvalue weighted by Gasteiger charge is 2.19. The van der Waals surface area contributed by atoms with Gasteiger partial charge in [0.05, 0.1) is 11.2 Å². The summed E-state index contributed by atoms with van der Waals surface area (Å²) in [6.45, 7) is 0.625. The Morgan fingerprint density at radius 2 is 2.11 bits per heavy atom. The third kappa shape index (κ3) is 1.68. The molecule has 0 saturated carbocycles. The second-order valence-electron chi connectivity index (χ2n) is 4.33. The molecule has 2 heterocycles. The molecule has 3 rings (SSSR count). The predicted molar refractivity (Wildman–Crippen MR) is 72.0 cm³/mol. The molecule has 19 heavy (non-hydrogen) atoms. The molecule has 0 fully saturated rings. The highest BCUT2D eigenvalue weighted by molar-refractivity contribution is 9.10. The van der Waals surface area contributed by atoms with Crippen LogP contribution in [0, 0.1) is 11.6 Å². The number of hydrogen-bond acceptors (Lipinski definition) is 2. The van der Waals surface area contributed by atoms with Gasteiger partial charge < -0.3 is 9.88 Å². The van der Waals surface area contributed by atoms with Crippen LogP contribution in [0.15, 0.2) is 16.7 Å². The van der Waals surface area contributed by atoms with Gasteiger partial charge in [-0.15, -0.1) is 0 Å². The van der Waals surface area contributed by atoms with Crippen molar-refractivity contribution in [2.75, 3.05) is 7.05 Å².